The lowest BCUT2D eigenvalue weighted by atomic mass is 10.2. The van der Waals surface area contributed by atoms with Crippen LogP contribution in [0.25, 0.3) is 0 Å². The summed E-state index contributed by atoms with van der Waals surface area (Å²) in [7, 11) is -3.77. The quantitative estimate of drug-likeness (QED) is 0.830. The third-order valence-electron chi connectivity index (χ3n) is 2.57. The van der Waals surface area contributed by atoms with Crippen LogP contribution in [0.3, 0.4) is 0 Å². The Kier molecular flexibility index (Phi) is 3.97. The molecular formula is C13H10BrN3O2S. The van der Waals surface area contributed by atoms with Crippen molar-refractivity contribution in [1.29, 1.82) is 5.26 Å². The molecule has 2 aromatic rings. The third kappa shape index (κ3) is 2.92. The summed E-state index contributed by atoms with van der Waals surface area (Å²) < 4.78 is 27.4. The van der Waals surface area contributed by atoms with E-state index in [0.717, 1.165) is 0 Å². The number of nitrogens with one attached hydrogen (secondary N) is 1. The molecule has 0 radical (unpaired) electrons. The molecule has 0 bridgehead atoms. The fourth-order valence-corrected chi connectivity index (χ4v) is 3.18. The van der Waals surface area contributed by atoms with Crippen LogP contribution in [0.4, 0.5) is 11.4 Å². The average Bonchev–Trinajstić information content (AvgIpc) is 2.42. The van der Waals surface area contributed by atoms with Crippen molar-refractivity contribution in [3.05, 3.63) is 52.5 Å². The standard InChI is InChI=1S/C13H10BrN3O2S/c14-11-7-10(5-6-12(11)16)20(18,19)17-13-4-2-1-3-9(13)8-15/h1-7,17H,16H2. The van der Waals surface area contributed by atoms with E-state index in [0.29, 0.717) is 10.2 Å². The van der Waals surface area contributed by atoms with Gasteiger partial charge in [0.1, 0.15) is 6.07 Å². The molecule has 0 aliphatic heterocycles. The van der Waals surface area contributed by atoms with E-state index in [-0.39, 0.29) is 16.1 Å². The first-order valence-electron chi connectivity index (χ1n) is 5.51. The first-order valence-corrected chi connectivity index (χ1v) is 7.78. The van der Waals surface area contributed by atoms with Crippen LogP contribution in [0, 0.1) is 11.3 Å². The Bertz CT molecular complexity index is 798. The van der Waals surface area contributed by atoms with Crippen LogP contribution in [-0.4, -0.2) is 8.42 Å². The van der Waals surface area contributed by atoms with Crippen molar-refractivity contribution < 1.29 is 8.42 Å². The van der Waals surface area contributed by atoms with Gasteiger partial charge in [-0.2, -0.15) is 5.26 Å². The van der Waals surface area contributed by atoms with Crippen LogP contribution < -0.4 is 10.5 Å². The molecule has 0 fully saturated rings. The summed E-state index contributed by atoms with van der Waals surface area (Å²) in [6, 6.07) is 12.6. The number of nitrogens with two attached hydrogens (primary N) is 1. The SMILES string of the molecule is N#Cc1ccccc1NS(=O)(=O)c1ccc(N)c(Br)c1. The van der Waals surface area contributed by atoms with Crippen LogP contribution in [0.15, 0.2) is 51.8 Å². The highest BCUT2D eigenvalue weighted by molar-refractivity contribution is 9.10. The van der Waals surface area contributed by atoms with E-state index < -0.39 is 10.0 Å². The normalized spacial score (nSPS) is 10.8. The number of rotatable bonds is 3. The number of nitrogens with zero attached hydrogens (tertiary/aromatic N) is 1. The average molecular weight is 352 g/mol. The van der Waals surface area contributed by atoms with Gasteiger partial charge >= 0.3 is 0 Å². The maximum Gasteiger partial charge on any atom is 0.261 e. The first kappa shape index (κ1) is 14.4. The van der Waals surface area contributed by atoms with Crippen LogP contribution >= 0.6 is 15.9 Å². The molecule has 0 aliphatic carbocycles. The van der Waals surface area contributed by atoms with Crippen LogP contribution in [-0.2, 0) is 10.0 Å². The van der Waals surface area contributed by atoms with Crippen molar-refractivity contribution in [1.82, 2.24) is 0 Å². The summed E-state index contributed by atoms with van der Waals surface area (Å²) in [4.78, 5) is 0.0614. The molecular weight excluding hydrogens is 342 g/mol. The second-order valence-corrected chi connectivity index (χ2v) is 6.48. The van der Waals surface area contributed by atoms with E-state index in [1.165, 1.54) is 30.3 Å². The fourth-order valence-electron chi connectivity index (χ4n) is 1.55. The van der Waals surface area contributed by atoms with Crippen LogP contribution in [0.1, 0.15) is 5.56 Å². The molecule has 0 unspecified atom stereocenters. The largest absolute Gasteiger partial charge is 0.398 e. The number of nitrogen functional groups attached to an aromatic ring is 1. The van der Waals surface area contributed by atoms with E-state index >= 15 is 0 Å². The van der Waals surface area contributed by atoms with Crippen molar-refractivity contribution in [2.75, 3.05) is 10.5 Å². The van der Waals surface area contributed by atoms with E-state index in [1.54, 1.807) is 12.1 Å². The molecule has 0 spiro atoms. The van der Waals surface area contributed by atoms with E-state index in [1.807, 2.05) is 6.07 Å². The lowest BCUT2D eigenvalue weighted by molar-refractivity contribution is 0.601. The van der Waals surface area contributed by atoms with Crippen molar-refractivity contribution in [2.45, 2.75) is 4.90 Å². The van der Waals surface area contributed by atoms with Gasteiger partial charge in [0.05, 0.1) is 16.1 Å². The van der Waals surface area contributed by atoms with E-state index in [2.05, 4.69) is 20.7 Å². The molecule has 5 nitrogen and oxygen atoms in total. The molecule has 7 heteroatoms. The van der Waals surface area contributed by atoms with Gasteiger partial charge in [-0.05, 0) is 46.3 Å². The zero-order valence-corrected chi connectivity index (χ0v) is 12.6. The Morgan fingerprint density at radius 1 is 1.20 bits per heavy atom. The fraction of sp³-hybridized carbons (Fsp3) is 0. The highest BCUT2D eigenvalue weighted by atomic mass is 79.9. The Balaban J connectivity index is 2.41. The van der Waals surface area contributed by atoms with Gasteiger partial charge < -0.3 is 5.73 Å². The van der Waals surface area contributed by atoms with Crippen molar-refractivity contribution in [2.24, 2.45) is 0 Å². The summed E-state index contributed by atoms with van der Waals surface area (Å²) in [5.41, 5.74) is 6.56. The summed E-state index contributed by atoms with van der Waals surface area (Å²) in [6.07, 6.45) is 0. The molecule has 0 aliphatic rings. The summed E-state index contributed by atoms with van der Waals surface area (Å²) in [5, 5.41) is 8.96. The number of sulfonamides is 1. The number of para-hydroxylation sites is 1. The zero-order chi connectivity index (χ0) is 14.8. The van der Waals surface area contributed by atoms with Crippen molar-refractivity contribution in [3.63, 3.8) is 0 Å². The second kappa shape index (κ2) is 5.53. The molecule has 0 heterocycles. The highest BCUT2D eigenvalue weighted by Crippen LogP contribution is 2.25. The molecule has 0 amide bonds. The minimum Gasteiger partial charge on any atom is -0.398 e. The molecule has 0 saturated carbocycles. The first-order chi connectivity index (χ1) is 9.44. The molecule has 2 aromatic carbocycles. The molecule has 0 aromatic heterocycles. The number of hydrogen-bond acceptors (Lipinski definition) is 4. The smallest absolute Gasteiger partial charge is 0.261 e. The van der Waals surface area contributed by atoms with Gasteiger partial charge in [0.25, 0.3) is 10.0 Å². The molecule has 3 N–H and O–H groups in total. The van der Waals surface area contributed by atoms with E-state index in [4.69, 9.17) is 11.0 Å². The number of nitriles is 1. The van der Waals surface area contributed by atoms with Gasteiger partial charge in [-0.3, -0.25) is 4.72 Å². The maximum atomic E-state index is 12.3. The summed E-state index contributed by atoms with van der Waals surface area (Å²) >= 11 is 3.18. The second-order valence-electron chi connectivity index (χ2n) is 3.95. The molecule has 102 valence electrons. The minimum absolute atomic E-state index is 0.0614. The van der Waals surface area contributed by atoms with Gasteiger partial charge in [0.2, 0.25) is 0 Å². The lowest BCUT2D eigenvalue weighted by Crippen LogP contribution is -2.14. The van der Waals surface area contributed by atoms with Crippen molar-refractivity contribution in [3.8, 4) is 6.07 Å². The van der Waals surface area contributed by atoms with E-state index in [9.17, 15) is 8.42 Å². The number of anilines is 2. The number of benzene rings is 2. The van der Waals surface area contributed by atoms with Gasteiger partial charge in [-0.1, -0.05) is 12.1 Å². The third-order valence-corrected chi connectivity index (χ3v) is 4.62. The van der Waals surface area contributed by atoms with Crippen molar-refractivity contribution >= 4 is 37.3 Å². The molecule has 0 atom stereocenters. The summed E-state index contributed by atoms with van der Waals surface area (Å²) in [6.45, 7) is 0. The molecule has 0 saturated heterocycles. The maximum absolute atomic E-state index is 12.3. The lowest BCUT2D eigenvalue weighted by Gasteiger charge is -2.10. The number of halogens is 1. The molecule has 2 rings (SSSR count). The van der Waals surface area contributed by atoms with Gasteiger partial charge in [0.15, 0.2) is 0 Å². The van der Waals surface area contributed by atoms with Gasteiger partial charge in [0, 0.05) is 10.2 Å². The zero-order valence-electron chi connectivity index (χ0n) is 10.2. The Hall–Kier alpha value is -2.04. The Labute approximate surface area is 125 Å². The van der Waals surface area contributed by atoms with Gasteiger partial charge in [-0.15, -0.1) is 0 Å². The highest BCUT2D eigenvalue weighted by Gasteiger charge is 2.16. The Morgan fingerprint density at radius 2 is 1.90 bits per heavy atom. The number of hydrogen-bond donors (Lipinski definition) is 2. The molecule has 20 heavy (non-hydrogen) atoms. The Morgan fingerprint density at radius 3 is 2.55 bits per heavy atom. The topological polar surface area (TPSA) is 96.0 Å². The van der Waals surface area contributed by atoms with Crippen LogP contribution in [0.2, 0.25) is 0 Å². The predicted octanol–water partition coefficient (Wildman–Crippen LogP) is 2.70. The monoisotopic (exact) mass is 351 g/mol. The summed E-state index contributed by atoms with van der Waals surface area (Å²) in [5.74, 6) is 0. The van der Waals surface area contributed by atoms with Gasteiger partial charge in [-0.25, -0.2) is 8.42 Å². The minimum atomic E-state index is -3.77. The van der Waals surface area contributed by atoms with Crippen LogP contribution in [0.5, 0.6) is 0 Å². The predicted molar refractivity (Wildman–Crippen MR) is 80.5 cm³/mol.